The van der Waals surface area contributed by atoms with Crippen LogP contribution in [-0.2, 0) is 0 Å². The van der Waals surface area contributed by atoms with Crippen molar-refractivity contribution in [3.63, 3.8) is 0 Å². The number of nitro groups is 1. The standard InChI is InChI=1S/C14H20N4O3/c1-2-16-14(19)9-6-7-13(18(20)21)12(8-9)17-11-5-3-4-10(11)15/h6-8,10-11,17H,2-5,15H2,1H3,(H,16,19). The molecule has 1 aromatic rings. The summed E-state index contributed by atoms with van der Waals surface area (Å²) >= 11 is 0. The molecule has 7 nitrogen and oxygen atoms in total. The molecule has 0 aliphatic heterocycles. The van der Waals surface area contributed by atoms with Crippen molar-refractivity contribution in [2.24, 2.45) is 5.73 Å². The van der Waals surface area contributed by atoms with Gasteiger partial charge in [-0.3, -0.25) is 14.9 Å². The normalized spacial score (nSPS) is 21.0. The predicted molar refractivity (Wildman–Crippen MR) is 80.3 cm³/mol. The van der Waals surface area contributed by atoms with E-state index < -0.39 is 4.92 Å². The highest BCUT2D eigenvalue weighted by Crippen LogP contribution is 2.29. The summed E-state index contributed by atoms with van der Waals surface area (Å²) in [5.41, 5.74) is 6.70. The maximum atomic E-state index is 11.8. The molecule has 1 fully saturated rings. The molecule has 0 radical (unpaired) electrons. The Morgan fingerprint density at radius 1 is 1.48 bits per heavy atom. The Kier molecular flexibility index (Phi) is 4.74. The molecule has 1 aliphatic rings. The number of hydrogen-bond acceptors (Lipinski definition) is 5. The van der Waals surface area contributed by atoms with Crippen molar-refractivity contribution in [2.75, 3.05) is 11.9 Å². The van der Waals surface area contributed by atoms with Gasteiger partial charge in [0.15, 0.2) is 0 Å². The lowest BCUT2D eigenvalue weighted by Gasteiger charge is -2.19. The Hall–Kier alpha value is -2.15. The first-order valence-corrected chi connectivity index (χ1v) is 7.11. The van der Waals surface area contributed by atoms with E-state index in [0.717, 1.165) is 19.3 Å². The molecule has 7 heteroatoms. The van der Waals surface area contributed by atoms with Crippen molar-refractivity contribution in [3.8, 4) is 0 Å². The van der Waals surface area contributed by atoms with E-state index in [1.807, 2.05) is 6.92 Å². The third-order valence-electron chi connectivity index (χ3n) is 3.70. The van der Waals surface area contributed by atoms with E-state index in [9.17, 15) is 14.9 Å². The molecule has 1 saturated carbocycles. The van der Waals surface area contributed by atoms with Gasteiger partial charge in [0, 0.05) is 30.3 Å². The van der Waals surface area contributed by atoms with Crippen molar-refractivity contribution >= 4 is 17.3 Å². The molecule has 0 bridgehead atoms. The minimum atomic E-state index is -0.454. The molecule has 21 heavy (non-hydrogen) atoms. The van der Waals surface area contributed by atoms with Gasteiger partial charge in [-0.15, -0.1) is 0 Å². The molecule has 1 aromatic carbocycles. The first-order chi connectivity index (χ1) is 10.0. The van der Waals surface area contributed by atoms with Crippen LogP contribution in [0.25, 0.3) is 0 Å². The van der Waals surface area contributed by atoms with Gasteiger partial charge in [-0.1, -0.05) is 0 Å². The van der Waals surface area contributed by atoms with Crippen LogP contribution in [0.4, 0.5) is 11.4 Å². The fourth-order valence-electron chi connectivity index (χ4n) is 2.58. The van der Waals surface area contributed by atoms with Crippen LogP contribution >= 0.6 is 0 Å². The van der Waals surface area contributed by atoms with E-state index in [4.69, 9.17) is 5.73 Å². The minimum absolute atomic E-state index is 0.00758. The molecular weight excluding hydrogens is 272 g/mol. The van der Waals surface area contributed by atoms with Gasteiger partial charge in [-0.2, -0.15) is 0 Å². The highest BCUT2D eigenvalue weighted by molar-refractivity contribution is 5.95. The summed E-state index contributed by atoms with van der Waals surface area (Å²) in [6.45, 7) is 2.33. The van der Waals surface area contributed by atoms with Crippen molar-refractivity contribution in [2.45, 2.75) is 38.3 Å². The van der Waals surface area contributed by atoms with Gasteiger partial charge in [-0.05, 0) is 38.3 Å². The average molecular weight is 292 g/mol. The van der Waals surface area contributed by atoms with Crippen LogP contribution in [0.2, 0.25) is 0 Å². The lowest BCUT2D eigenvalue weighted by atomic mass is 10.1. The predicted octanol–water partition coefficient (Wildman–Crippen LogP) is 1.64. The Balaban J connectivity index is 2.28. The van der Waals surface area contributed by atoms with Crippen LogP contribution < -0.4 is 16.4 Å². The van der Waals surface area contributed by atoms with Crippen LogP contribution in [-0.4, -0.2) is 29.5 Å². The van der Waals surface area contributed by atoms with E-state index in [1.165, 1.54) is 18.2 Å². The smallest absolute Gasteiger partial charge is 0.292 e. The third kappa shape index (κ3) is 3.49. The van der Waals surface area contributed by atoms with E-state index in [-0.39, 0.29) is 23.7 Å². The quantitative estimate of drug-likeness (QED) is 0.564. The van der Waals surface area contributed by atoms with Gasteiger partial charge in [-0.25, -0.2) is 0 Å². The summed E-state index contributed by atoms with van der Waals surface area (Å²) < 4.78 is 0. The Bertz CT molecular complexity index is 547. The van der Waals surface area contributed by atoms with Gasteiger partial charge in [0.05, 0.1) is 4.92 Å². The SMILES string of the molecule is CCNC(=O)c1ccc([N+](=O)[O-])c(NC2CCCC2N)c1. The number of nitrogens with two attached hydrogens (primary N) is 1. The lowest BCUT2D eigenvalue weighted by molar-refractivity contribution is -0.384. The summed E-state index contributed by atoms with van der Waals surface area (Å²) in [5.74, 6) is -0.244. The maximum Gasteiger partial charge on any atom is 0.292 e. The van der Waals surface area contributed by atoms with Gasteiger partial charge >= 0.3 is 0 Å². The number of rotatable bonds is 5. The van der Waals surface area contributed by atoms with Crippen LogP contribution in [0.15, 0.2) is 18.2 Å². The highest BCUT2D eigenvalue weighted by atomic mass is 16.6. The number of nitro benzene ring substituents is 1. The zero-order valence-electron chi connectivity index (χ0n) is 12.0. The summed E-state index contributed by atoms with van der Waals surface area (Å²) in [5, 5.41) is 16.9. The first-order valence-electron chi connectivity index (χ1n) is 7.11. The van der Waals surface area contributed by atoms with Crippen molar-refractivity contribution in [1.82, 2.24) is 5.32 Å². The molecule has 0 heterocycles. The van der Waals surface area contributed by atoms with Gasteiger partial charge < -0.3 is 16.4 Å². The summed E-state index contributed by atoms with van der Waals surface area (Å²) in [7, 11) is 0. The second-order valence-electron chi connectivity index (χ2n) is 5.19. The molecule has 2 rings (SSSR count). The van der Waals surface area contributed by atoms with Crippen LogP contribution in [0.3, 0.4) is 0 Å². The summed E-state index contributed by atoms with van der Waals surface area (Å²) in [6.07, 6.45) is 2.79. The van der Waals surface area contributed by atoms with Gasteiger partial charge in [0.1, 0.15) is 5.69 Å². The molecule has 1 aliphatic carbocycles. The van der Waals surface area contributed by atoms with E-state index >= 15 is 0 Å². The van der Waals surface area contributed by atoms with Crippen molar-refractivity contribution in [3.05, 3.63) is 33.9 Å². The number of nitrogens with one attached hydrogen (secondary N) is 2. The largest absolute Gasteiger partial charge is 0.375 e. The number of carbonyl (C=O) groups excluding carboxylic acids is 1. The monoisotopic (exact) mass is 292 g/mol. The van der Waals surface area contributed by atoms with Crippen LogP contribution in [0.1, 0.15) is 36.5 Å². The number of benzene rings is 1. The zero-order chi connectivity index (χ0) is 15.4. The number of hydrogen-bond donors (Lipinski definition) is 3. The molecule has 4 N–H and O–H groups in total. The van der Waals surface area contributed by atoms with Crippen molar-refractivity contribution < 1.29 is 9.72 Å². The molecule has 114 valence electrons. The third-order valence-corrected chi connectivity index (χ3v) is 3.70. The molecule has 2 atom stereocenters. The maximum absolute atomic E-state index is 11.8. The van der Waals surface area contributed by atoms with E-state index in [1.54, 1.807) is 0 Å². The molecule has 0 saturated heterocycles. The van der Waals surface area contributed by atoms with Crippen LogP contribution in [0, 0.1) is 10.1 Å². The Labute approximate surface area is 123 Å². The summed E-state index contributed by atoms with van der Waals surface area (Å²) in [6, 6.07) is 4.33. The van der Waals surface area contributed by atoms with Crippen LogP contribution in [0.5, 0.6) is 0 Å². The highest BCUT2D eigenvalue weighted by Gasteiger charge is 2.26. The number of nitrogens with zero attached hydrogens (tertiary/aromatic N) is 1. The molecule has 1 amide bonds. The second kappa shape index (κ2) is 6.53. The number of anilines is 1. The molecule has 2 unspecified atom stereocenters. The second-order valence-corrected chi connectivity index (χ2v) is 5.19. The number of amides is 1. The van der Waals surface area contributed by atoms with E-state index in [2.05, 4.69) is 10.6 Å². The van der Waals surface area contributed by atoms with Gasteiger partial charge in [0.2, 0.25) is 0 Å². The van der Waals surface area contributed by atoms with E-state index in [0.29, 0.717) is 17.8 Å². The zero-order valence-corrected chi connectivity index (χ0v) is 12.0. The van der Waals surface area contributed by atoms with Crippen molar-refractivity contribution in [1.29, 1.82) is 0 Å². The Morgan fingerprint density at radius 3 is 2.81 bits per heavy atom. The fourth-order valence-corrected chi connectivity index (χ4v) is 2.58. The average Bonchev–Trinajstić information content (AvgIpc) is 2.84. The summed E-state index contributed by atoms with van der Waals surface area (Å²) in [4.78, 5) is 22.5. The molecule has 0 spiro atoms. The topological polar surface area (TPSA) is 110 Å². The number of carbonyl (C=O) groups is 1. The lowest BCUT2D eigenvalue weighted by Crippen LogP contribution is -2.35. The first kappa shape index (κ1) is 15.2. The minimum Gasteiger partial charge on any atom is -0.375 e. The Morgan fingerprint density at radius 2 is 2.24 bits per heavy atom. The fraction of sp³-hybridized carbons (Fsp3) is 0.500. The molecule has 0 aromatic heterocycles. The molecular formula is C14H20N4O3. The van der Waals surface area contributed by atoms with Gasteiger partial charge in [0.25, 0.3) is 11.6 Å².